The van der Waals surface area contributed by atoms with E-state index < -0.39 is 12.9 Å². The normalized spacial score (nSPS) is 11.8. The molecule has 0 aliphatic heterocycles. The van der Waals surface area contributed by atoms with Crippen LogP contribution in [0.4, 0.5) is 0 Å². The molecule has 0 spiro atoms. The first-order valence-corrected chi connectivity index (χ1v) is 5.78. The molecule has 0 aliphatic rings. The summed E-state index contributed by atoms with van der Waals surface area (Å²) in [6.07, 6.45) is 0. The summed E-state index contributed by atoms with van der Waals surface area (Å²) in [5, 5.41) is -0.669. The fourth-order valence-electron chi connectivity index (χ4n) is 0.783. The van der Waals surface area contributed by atoms with E-state index in [0.29, 0.717) is 0 Å². The molecule has 1 aromatic carbocycles. The van der Waals surface area contributed by atoms with Gasteiger partial charge in [0.2, 0.25) is 0 Å². The van der Waals surface area contributed by atoms with E-state index in [4.69, 9.17) is 44.6 Å². The molecule has 0 aromatic heterocycles. The molecule has 72 valence electrons. The third-order valence-corrected chi connectivity index (χ3v) is 3.74. The van der Waals surface area contributed by atoms with Gasteiger partial charge in [0.05, 0.1) is 15.1 Å². The first-order chi connectivity index (χ1) is 5.84. The second-order valence-electron chi connectivity index (χ2n) is 2.24. The second-order valence-corrected chi connectivity index (χ2v) is 4.96. The van der Waals surface area contributed by atoms with E-state index in [0.717, 1.165) is 0 Å². The van der Waals surface area contributed by atoms with Crippen LogP contribution in [0.3, 0.4) is 0 Å². The molecule has 0 fully saturated rings. The van der Waals surface area contributed by atoms with E-state index in [9.17, 15) is 4.57 Å². The molecule has 0 atom stereocenters. The van der Waals surface area contributed by atoms with Crippen LogP contribution in [0.15, 0.2) is 12.1 Å². The monoisotopic (exact) mass is 260 g/mol. The van der Waals surface area contributed by atoms with Gasteiger partial charge in [-0.1, -0.05) is 34.8 Å². The molecule has 0 amide bonds. The topological polar surface area (TPSA) is 57.5 Å². The molecule has 0 bridgehead atoms. The zero-order valence-electron chi connectivity index (χ0n) is 6.04. The lowest BCUT2D eigenvalue weighted by Crippen LogP contribution is -2.07. The average molecular weight is 261 g/mol. The molecule has 0 saturated heterocycles. The van der Waals surface area contributed by atoms with Crippen molar-refractivity contribution < 1.29 is 14.4 Å². The minimum atomic E-state index is -4.47. The lowest BCUT2D eigenvalue weighted by Gasteiger charge is -2.09. The van der Waals surface area contributed by atoms with Crippen LogP contribution >= 0.6 is 42.4 Å². The van der Waals surface area contributed by atoms with E-state index in [1.807, 2.05) is 0 Å². The van der Waals surface area contributed by atoms with Gasteiger partial charge in [0, 0.05) is 0 Å². The van der Waals surface area contributed by atoms with Gasteiger partial charge in [0.1, 0.15) is 5.30 Å². The molecule has 0 heterocycles. The van der Waals surface area contributed by atoms with Crippen molar-refractivity contribution in [2.45, 2.75) is 0 Å². The minimum absolute atomic E-state index is 0.0596. The molecule has 3 nitrogen and oxygen atoms in total. The largest absolute Gasteiger partial charge is 0.359 e. The second kappa shape index (κ2) is 3.77. The van der Waals surface area contributed by atoms with Crippen LogP contribution < -0.4 is 5.30 Å². The number of hydrogen-bond donors (Lipinski definition) is 2. The van der Waals surface area contributed by atoms with Crippen molar-refractivity contribution in [3.05, 3.63) is 27.2 Å². The molecule has 13 heavy (non-hydrogen) atoms. The standard InChI is InChI=1S/C6H4Cl3O3P/c7-3-1-2-4(8)6(5(3)9)13(10,11)12/h1-2H,(H2,10,11,12). The molecule has 0 aliphatic carbocycles. The van der Waals surface area contributed by atoms with Crippen molar-refractivity contribution >= 4 is 47.7 Å². The maximum absolute atomic E-state index is 10.9. The summed E-state index contributed by atoms with van der Waals surface area (Å²) >= 11 is 16.7. The summed E-state index contributed by atoms with van der Waals surface area (Å²) in [5.74, 6) is 0. The van der Waals surface area contributed by atoms with Crippen molar-refractivity contribution in [3.8, 4) is 0 Å². The average Bonchev–Trinajstić information content (AvgIpc) is 1.95. The maximum Gasteiger partial charge on any atom is 0.359 e. The quantitative estimate of drug-likeness (QED) is 0.603. The predicted octanol–water partition coefficient (Wildman–Crippen LogP) is 2.45. The van der Waals surface area contributed by atoms with Crippen LogP contribution in [0.25, 0.3) is 0 Å². The van der Waals surface area contributed by atoms with Gasteiger partial charge in [-0.15, -0.1) is 0 Å². The summed E-state index contributed by atoms with van der Waals surface area (Å²) in [6.45, 7) is 0. The first-order valence-electron chi connectivity index (χ1n) is 3.03. The zero-order chi connectivity index (χ0) is 10.2. The third-order valence-electron chi connectivity index (χ3n) is 1.31. The number of rotatable bonds is 1. The zero-order valence-corrected chi connectivity index (χ0v) is 9.20. The van der Waals surface area contributed by atoms with E-state index in [-0.39, 0.29) is 15.1 Å². The lowest BCUT2D eigenvalue weighted by molar-refractivity contribution is 0.387. The van der Waals surface area contributed by atoms with E-state index in [1.165, 1.54) is 12.1 Å². The number of benzene rings is 1. The summed E-state index contributed by atoms with van der Waals surface area (Å²) in [6, 6.07) is 2.65. The molecule has 2 N–H and O–H groups in total. The van der Waals surface area contributed by atoms with Crippen LogP contribution in [0.1, 0.15) is 0 Å². The van der Waals surface area contributed by atoms with Crippen LogP contribution in [-0.2, 0) is 4.57 Å². The van der Waals surface area contributed by atoms with Gasteiger partial charge in [-0.2, -0.15) is 0 Å². The fourth-order valence-corrected chi connectivity index (χ4v) is 2.77. The molecule has 0 unspecified atom stereocenters. The molecule has 1 rings (SSSR count). The SMILES string of the molecule is O=P(O)(O)c1c(Cl)ccc(Cl)c1Cl. The van der Waals surface area contributed by atoms with Crippen LogP contribution in [0.5, 0.6) is 0 Å². The lowest BCUT2D eigenvalue weighted by atomic mass is 10.4. The highest BCUT2D eigenvalue weighted by Crippen LogP contribution is 2.41. The maximum atomic E-state index is 10.9. The van der Waals surface area contributed by atoms with Gasteiger partial charge >= 0.3 is 7.60 Å². The molecule has 0 saturated carbocycles. The van der Waals surface area contributed by atoms with Crippen molar-refractivity contribution in [3.63, 3.8) is 0 Å². The molecule has 7 heteroatoms. The Bertz CT molecular complexity index is 387. The Labute approximate surface area is 89.4 Å². The Balaban J connectivity index is 3.52. The van der Waals surface area contributed by atoms with Crippen molar-refractivity contribution in [1.29, 1.82) is 0 Å². The highest BCUT2D eigenvalue weighted by molar-refractivity contribution is 7.61. The third kappa shape index (κ3) is 2.38. The minimum Gasteiger partial charge on any atom is -0.321 e. The Hall–Kier alpha value is 0.240. The van der Waals surface area contributed by atoms with Gasteiger partial charge in [0.15, 0.2) is 0 Å². The molecule has 1 aromatic rings. The summed E-state index contributed by atoms with van der Waals surface area (Å²) in [5.41, 5.74) is 0. The van der Waals surface area contributed by atoms with Gasteiger partial charge in [0.25, 0.3) is 0 Å². The van der Waals surface area contributed by atoms with E-state index in [2.05, 4.69) is 0 Å². The van der Waals surface area contributed by atoms with E-state index >= 15 is 0 Å². The summed E-state index contributed by atoms with van der Waals surface area (Å²) in [4.78, 5) is 17.7. The molecule has 0 radical (unpaired) electrons. The van der Waals surface area contributed by atoms with Crippen LogP contribution in [-0.4, -0.2) is 9.79 Å². The summed E-state index contributed by atoms with van der Waals surface area (Å²) in [7, 11) is -4.47. The number of hydrogen-bond acceptors (Lipinski definition) is 1. The van der Waals surface area contributed by atoms with Gasteiger partial charge < -0.3 is 9.79 Å². The summed E-state index contributed by atoms with van der Waals surface area (Å²) < 4.78 is 10.9. The van der Waals surface area contributed by atoms with Crippen molar-refractivity contribution in [2.75, 3.05) is 0 Å². The highest BCUT2D eigenvalue weighted by Gasteiger charge is 2.25. The van der Waals surface area contributed by atoms with Gasteiger partial charge in [-0.05, 0) is 12.1 Å². The highest BCUT2D eigenvalue weighted by atomic mass is 35.5. The Morgan fingerprint density at radius 2 is 1.54 bits per heavy atom. The van der Waals surface area contributed by atoms with Gasteiger partial charge in [-0.25, -0.2) is 0 Å². The van der Waals surface area contributed by atoms with E-state index in [1.54, 1.807) is 0 Å². The Kier molecular flexibility index (Phi) is 3.29. The fraction of sp³-hybridized carbons (Fsp3) is 0. The molecular formula is C6H4Cl3O3P. The first kappa shape index (κ1) is 11.3. The molecular weight excluding hydrogens is 257 g/mol. The van der Waals surface area contributed by atoms with Crippen molar-refractivity contribution in [2.24, 2.45) is 0 Å². The Morgan fingerprint density at radius 3 is 1.92 bits per heavy atom. The number of halogens is 3. The predicted molar refractivity (Wildman–Crippen MR) is 53.2 cm³/mol. The van der Waals surface area contributed by atoms with Crippen molar-refractivity contribution in [1.82, 2.24) is 0 Å². The van der Waals surface area contributed by atoms with Gasteiger partial charge in [-0.3, -0.25) is 4.57 Å². The smallest absolute Gasteiger partial charge is 0.321 e. The van der Waals surface area contributed by atoms with Crippen LogP contribution in [0, 0.1) is 0 Å². The Morgan fingerprint density at radius 1 is 1.08 bits per heavy atom. The van der Waals surface area contributed by atoms with Crippen LogP contribution in [0.2, 0.25) is 15.1 Å².